The fourth-order valence-electron chi connectivity index (χ4n) is 6.50. The van der Waals surface area contributed by atoms with Crippen LogP contribution in [0.3, 0.4) is 0 Å². The van der Waals surface area contributed by atoms with E-state index in [1.165, 1.54) is 64.3 Å². The highest BCUT2D eigenvalue weighted by molar-refractivity contribution is 7.27. The third-order valence-corrected chi connectivity index (χ3v) is 9.76. The van der Waals surface area contributed by atoms with E-state index in [1.807, 2.05) is 11.3 Å². The monoisotopic (exact) mass is 517 g/mol. The lowest BCUT2D eigenvalue weighted by atomic mass is 9.82. The van der Waals surface area contributed by atoms with Crippen molar-refractivity contribution in [3.63, 3.8) is 0 Å². The molecule has 0 bridgehead atoms. The van der Waals surface area contributed by atoms with E-state index in [0.29, 0.717) is 0 Å². The molecule has 0 spiro atoms. The fraction of sp³-hybridized carbons (Fsp3) is 0.0811. The minimum Gasteiger partial charge on any atom is -0.355 e. The Morgan fingerprint density at radius 3 is 2.13 bits per heavy atom. The van der Waals surface area contributed by atoms with Gasteiger partial charge in [0.15, 0.2) is 0 Å². The standard InChI is InChI=1S/C37H27NS/c1-37(2)31-14-6-5-11-30(31)34-32(37)15-8-16-33(34)38-25-20-17-24(18-21-25)27-12-7-13-28-29-22-19-23-9-3-4-10-26(23)36(29)39-35(27)28/h3-22,38H,1-2H3. The summed E-state index contributed by atoms with van der Waals surface area (Å²) < 4.78 is 2.72. The zero-order valence-electron chi connectivity index (χ0n) is 22.0. The van der Waals surface area contributed by atoms with Crippen LogP contribution in [-0.4, -0.2) is 0 Å². The van der Waals surface area contributed by atoms with Gasteiger partial charge in [-0.3, -0.25) is 0 Å². The van der Waals surface area contributed by atoms with Crippen LogP contribution in [0.1, 0.15) is 25.0 Å². The Morgan fingerprint density at radius 1 is 0.538 bits per heavy atom. The molecule has 39 heavy (non-hydrogen) atoms. The topological polar surface area (TPSA) is 12.0 Å². The molecule has 1 heterocycles. The second-order valence-electron chi connectivity index (χ2n) is 11.0. The van der Waals surface area contributed by atoms with E-state index in [9.17, 15) is 0 Å². The number of anilines is 2. The molecule has 1 N–H and O–H groups in total. The largest absolute Gasteiger partial charge is 0.355 e. The highest BCUT2D eigenvalue weighted by Crippen LogP contribution is 2.51. The first-order chi connectivity index (χ1) is 19.1. The number of rotatable bonds is 3. The molecule has 0 aliphatic heterocycles. The van der Waals surface area contributed by atoms with Crippen molar-refractivity contribution in [2.45, 2.75) is 19.3 Å². The molecule has 2 heteroatoms. The van der Waals surface area contributed by atoms with E-state index in [1.54, 1.807) is 0 Å². The van der Waals surface area contributed by atoms with Gasteiger partial charge in [-0.05, 0) is 56.8 Å². The van der Waals surface area contributed by atoms with Crippen LogP contribution in [0.15, 0.2) is 121 Å². The van der Waals surface area contributed by atoms with Crippen molar-refractivity contribution in [3.05, 3.63) is 132 Å². The minimum atomic E-state index is 0.00172. The molecular formula is C37H27NS. The summed E-state index contributed by atoms with van der Waals surface area (Å²) in [5.41, 5.74) is 10.2. The molecule has 1 nitrogen and oxygen atoms in total. The number of fused-ring (bicyclic) bond motifs is 8. The van der Waals surface area contributed by atoms with Gasteiger partial charge in [-0.1, -0.05) is 117 Å². The van der Waals surface area contributed by atoms with Gasteiger partial charge in [-0.15, -0.1) is 11.3 Å². The highest BCUT2D eigenvalue weighted by Gasteiger charge is 2.36. The van der Waals surface area contributed by atoms with E-state index in [0.717, 1.165) is 11.4 Å². The molecule has 0 saturated carbocycles. The van der Waals surface area contributed by atoms with Crippen LogP contribution in [-0.2, 0) is 5.41 Å². The zero-order chi connectivity index (χ0) is 26.1. The van der Waals surface area contributed by atoms with Gasteiger partial charge in [-0.25, -0.2) is 0 Å². The summed E-state index contributed by atoms with van der Waals surface area (Å²) in [6.45, 7) is 4.65. The Labute approximate surface area is 232 Å². The quantitative estimate of drug-likeness (QED) is 0.246. The summed E-state index contributed by atoms with van der Waals surface area (Å²) in [6.07, 6.45) is 0. The summed E-state index contributed by atoms with van der Waals surface area (Å²) in [4.78, 5) is 0. The van der Waals surface area contributed by atoms with Gasteiger partial charge < -0.3 is 5.32 Å². The number of nitrogens with one attached hydrogen (secondary N) is 1. The molecule has 0 fully saturated rings. The van der Waals surface area contributed by atoms with E-state index < -0.39 is 0 Å². The minimum absolute atomic E-state index is 0.00172. The van der Waals surface area contributed by atoms with Gasteiger partial charge in [0.25, 0.3) is 0 Å². The molecule has 0 atom stereocenters. The molecule has 6 aromatic carbocycles. The lowest BCUT2D eigenvalue weighted by Gasteiger charge is -2.21. The Morgan fingerprint density at radius 2 is 1.23 bits per heavy atom. The molecule has 1 aliphatic carbocycles. The Bertz CT molecular complexity index is 2060. The lowest BCUT2D eigenvalue weighted by Crippen LogP contribution is -2.14. The van der Waals surface area contributed by atoms with Crippen LogP contribution >= 0.6 is 11.3 Å². The number of benzene rings is 6. The zero-order valence-corrected chi connectivity index (χ0v) is 22.8. The molecule has 0 unspecified atom stereocenters. The average Bonchev–Trinajstić information content (AvgIpc) is 3.47. The lowest BCUT2D eigenvalue weighted by molar-refractivity contribution is 0.660. The van der Waals surface area contributed by atoms with Crippen molar-refractivity contribution < 1.29 is 0 Å². The van der Waals surface area contributed by atoms with Crippen LogP contribution in [0.2, 0.25) is 0 Å². The van der Waals surface area contributed by atoms with Crippen molar-refractivity contribution in [3.8, 4) is 22.3 Å². The fourth-order valence-corrected chi connectivity index (χ4v) is 7.87. The average molecular weight is 518 g/mol. The predicted molar refractivity (Wildman–Crippen MR) is 170 cm³/mol. The summed E-state index contributed by atoms with van der Waals surface area (Å²) in [7, 11) is 0. The van der Waals surface area contributed by atoms with Gasteiger partial charge in [0.1, 0.15) is 0 Å². The number of hydrogen-bond donors (Lipinski definition) is 1. The summed E-state index contributed by atoms with van der Waals surface area (Å²) >= 11 is 1.91. The Kier molecular flexibility index (Phi) is 4.80. The molecule has 1 aromatic heterocycles. The van der Waals surface area contributed by atoms with Crippen molar-refractivity contribution >= 4 is 53.7 Å². The predicted octanol–water partition coefficient (Wildman–Crippen LogP) is 10.9. The molecule has 8 rings (SSSR count). The summed E-state index contributed by atoms with van der Waals surface area (Å²) in [6, 6.07) is 44.3. The van der Waals surface area contributed by atoms with E-state index >= 15 is 0 Å². The molecule has 186 valence electrons. The molecular weight excluding hydrogens is 490 g/mol. The molecule has 0 amide bonds. The van der Waals surface area contributed by atoms with Gasteiger partial charge in [0.2, 0.25) is 0 Å². The Balaban J connectivity index is 1.19. The smallest absolute Gasteiger partial charge is 0.0467 e. The van der Waals surface area contributed by atoms with Crippen molar-refractivity contribution in [1.29, 1.82) is 0 Å². The van der Waals surface area contributed by atoms with Crippen LogP contribution in [0.5, 0.6) is 0 Å². The van der Waals surface area contributed by atoms with Gasteiger partial charge in [0, 0.05) is 42.5 Å². The first-order valence-electron chi connectivity index (χ1n) is 13.5. The molecule has 1 aliphatic rings. The van der Waals surface area contributed by atoms with E-state index in [2.05, 4.69) is 140 Å². The van der Waals surface area contributed by atoms with Gasteiger partial charge >= 0.3 is 0 Å². The maximum atomic E-state index is 3.74. The number of thiophene rings is 1. The van der Waals surface area contributed by atoms with Crippen LogP contribution in [0.25, 0.3) is 53.2 Å². The summed E-state index contributed by atoms with van der Waals surface area (Å²) in [5, 5.41) is 9.05. The molecule has 7 aromatic rings. The first kappa shape index (κ1) is 22.6. The number of hydrogen-bond acceptors (Lipinski definition) is 2. The maximum Gasteiger partial charge on any atom is 0.0467 e. The normalized spacial score (nSPS) is 13.6. The van der Waals surface area contributed by atoms with Crippen LogP contribution < -0.4 is 5.32 Å². The van der Waals surface area contributed by atoms with E-state index in [-0.39, 0.29) is 5.41 Å². The highest BCUT2D eigenvalue weighted by atomic mass is 32.1. The molecule has 0 saturated heterocycles. The van der Waals surface area contributed by atoms with Gasteiger partial charge in [-0.2, -0.15) is 0 Å². The molecule has 0 radical (unpaired) electrons. The van der Waals surface area contributed by atoms with Crippen molar-refractivity contribution in [2.75, 3.05) is 5.32 Å². The van der Waals surface area contributed by atoms with Crippen molar-refractivity contribution in [2.24, 2.45) is 0 Å². The second kappa shape index (κ2) is 8.30. The Hall–Kier alpha value is -4.40. The third-order valence-electron chi connectivity index (χ3n) is 8.47. The van der Waals surface area contributed by atoms with Crippen molar-refractivity contribution in [1.82, 2.24) is 0 Å². The summed E-state index contributed by atoms with van der Waals surface area (Å²) in [5.74, 6) is 0. The second-order valence-corrected chi connectivity index (χ2v) is 12.1. The third kappa shape index (κ3) is 3.32. The van der Waals surface area contributed by atoms with E-state index in [4.69, 9.17) is 0 Å². The van der Waals surface area contributed by atoms with Crippen LogP contribution in [0, 0.1) is 0 Å². The maximum absolute atomic E-state index is 3.74. The van der Waals surface area contributed by atoms with Crippen LogP contribution in [0.4, 0.5) is 11.4 Å². The first-order valence-corrected chi connectivity index (χ1v) is 14.3. The SMILES string of the molecule is CC1(C)c2ccccc2-c2c(Nc3ccc(-c4cccc5c4sc4c6ccccc6ccc54)cc3)cccc21. The van der Waals surface area contributed by atoms with Gasteiger partial charge in [0.05, 0.1) is 0 Å².